The van der Waals surface area contributed by atoms with Crippen molar-refractivity contribution in [2.24, 2.45) is 0 Å². The van der Waals surface area contributed by atoms with E-state index in [-0.39, 0.29) is 10.5 Å². The third-order valence-corrected chi connectivity index (χ3v) is 3.04. The molecule has 0 radical (unpaired) electrons. The molecule has 0 aromatic heterocycles. The Morgan fingerprint density at radius 2 is 2.13 bits per heavy atom. The maximum absolute atomic E-state index is 11.0. The van der Waals surface area contributed by atoms with Crippen LogP contribution in [0.25, 0.3) is 0 Å². The first-order chi connectivity index (χ1) is 6.99. The van der Waals surface area contributed by atoms with Gasteiger partial charge in [0.25, 0.3) is 9.05 Å². The fourth-order valence-corrected chi connectivity index (χ4v) is 1.84. The molecule has 0 spiro atoms. The monoisotopic (exact) mass is 248 g/mol. The highest BCUT2D eigenvalue weighted by Gasteiger charge is 2.13. The molecular formula is C9H9ClO4S. The number of hydrogen-bond acceptors (Lipinski definition) is 4. The third kappa shape index (κ3) is 2.94. The van der Waals surface area contributed by atoms with E-state index in [2.05, 4.69) is 0 Å². The minimum Gasteiger partial charge on any atom is -0.493 e. The predicted molar refractivity (Wildman–Crippen MR) is 56.0 cm³/mol. The summed E-state index contributed by atoms with van der Waals surface area (Å²) in [7, 11) is 1.32. The molecule has 0 fully saturated rings. The summed E-state index contributed by atoms with van der Waals surface area (Å²) in [5.74, 6) is 0.344. The number of halogens is 1. The first kappa shape index (κ1) is 12.0. The van der Waals surface area contributed by atoms with Crippen molar-refractivity contribution in [1.82, 2.24) is 0 Å². The smallest absolute Gasteiger partial charge is 0.261 e. The normalized spacial score (nSPS) is 11.1. The largest absolute Gasteiger partial charge is 0.493 e. The molecule has 0 saturated heterocycles. The van der Waals surface area contributed by atoms with Gasteiger partial charge in [0.05, 0.1) is 17.1 Å². The van der Waals surface area contributed by atoms with Crippen LogP contribution in [0.1, 0.15) is 17.3 Å². The van der Waals surface area contributed by atoms with Gasteiger partial charge in [-0.15, -0.1) is 0 Å². The lowest BCUT2D eigenvalue weighted by Crippen LogP contribution is -1.98. The molecule has 6 heteroatoms. The number of rotatable bonds is 4. The van der Waals surface area contributed by atoms with Gasteiger partial charge >= 0.3 is 0 Å². The number of carbonyl (C=O) groups is 1. The number of benzene rings is 1. The van der Waals surface area contributed by atoms with Crippen molar-refractivity contribution < 1.29 is 17.9 Å². The maximum atomic E-state index is 11.0. The molecule has 0 saturated carbocycles. The van der Waals surface area contributed by atoms with E-state index in [0.717, 1.165) is 0 Å². The third-order valence-electron chi connectivity index (χ3n) is 1.69. The van der Waals surface area contributed by atoms with Crippen LogP contribution in [0.3, 0.4) is 0 Å². The molecule has 1 aromatic carbocycles. The van der Waals surface area contributed by atoms with E-state index in [1.54, 1.807) is 6.92 Å². The molecule has 0 amide bonds. The summed E-state index contributed by atoms with van der Waals surface area (Å²) in [4.78, 5) is 10.5. The van der Waals surface area contributed by atoms with Crippen molar-refractivity contribution >= 4 is 26.0 Å². The summed E-state index contributed by atoms with van der Waals surface area (Å²) < 4.78 is 27.1. The standard InChI is InChI=1S/C9H9ClO4S/c1-2-14-9-4-3-8(15(10,12)13)5-7(9)6-11/h3-6H,2H2,1H3. The zero-order chi connectivity index (χ0) is 11.5. The van der Waals surface area contributed by atoms with Crippen LogP contribution in [0.15, 0.2) is 23.1 Å². The van der Waals surface area contributed by atoms with Gasteiger partial charge in [-0.2, -0.15) is 0 Å². The highest BCUT2D eigenvalue weighted by molar-refractivity contribution is 8.13. The Morgan fingerprint density at radius 1 is 1.47 bits per heavy atom. The van der Waals surface area contributed by atoms with Crippen molar-refractivity contribution in [3.05, 3.63) is 23.8 Å². The van der Waals surface area contributed by atoms with E-state index in [4.69, 9.17) is 15.4 Å². The molecule has 0 unspecified atom stereocenters. The second-order valence-electron chi connectivity index (χ2n) is 2.69. The van der Waals surface area contributed by atoms with Crippen LogP contribution >= 0.6 is 10.7 Å². The second-order valence-corrected chi connectivity index (χ2v) is 5.25. The Kier molecular flexibility index (Phi) is 3.71. The summed E-state index contributed by atoms with van der Waals surface area (Å²) in [6.07, 6.45) is 0.524. The topological polar surface area (TPSA) is 60.4 Å². The van der Waals surface area contributed by atoms with E-state index in [9.17, 15) is 13.2 Å². The molecule has 15 heavy (non-hydrogen) atoms. The van der Waals surface area contributed by atoms with Crippen molar-refractivity contribution in [3.8, 4) is 5.75 Å². The average molecular weight is 249 g/mol. The van der Waals surface area contributed by atoms with Gasteiger partial charge in [-0.3, -0.25) is 4.79 Å². The molecule has 0 aliphatic heterocycles. The SMILES string of the molecule is CCOc1ccc(S(=O)(=O)Cl)cc1C=O. The van der Waals surface area contributed by atoms with E-state index in [1.807, 2.05) is 0 Å². The van der Waals surface area contributed by atoms with E-state index in [1.165, 1.54) is 18.2 Å². The lowest BCUT2D eigenvalue weighted by atomic mass is 10.2. The quantitative estimate of drug-likeness (QED) is 0.602. The van der Waals surface area contributed by atoms with Gasteiger partial charge in [0, 0.05) is 10.7 Å². The summed E-state index contributed by atoms with van der Waals surface area (Å²) in [6.45, 7) is 2.16. The highest BCUT2D eigenvalue weighted by Crippen LogP contribution is 2.23. The first-order valence-corrected chi connectivity index (χ1v) is 6.46. The first-order valence-electron chi connectivity index (χ1n) is 4.15. The number of hydrogen-bond donors (Lipinski definition) is 0. The summed E-state index contributed by atoms with van der Waals surface area (Å²) in [5, 5.41) is 0. The highest BCUT2D eigenvalue weighted by atomic mass is 35.7. The molecule has 0 N–H and O–H groups in total. The predicted octanol–water partition coefficient (Wildman–Crippen LogP) is 1.83. The van der Waals surface area contributed by atoms with Crippen molar-refractivity contribution in [3.63, 3.8) is 0 Å². The molecule has 0 atom stereocenters. The van der Waals surface area contributed by atoms with Crippen molar-refractivity contribution in [2.45, 2.75) is 11.8 Å². The minimum atomic E-state index is -3.81. The van der Waals surface area contributed by atoms with E-state index in [0.29, 0.717) is 18.6 Å². The minimum absolute atomic E-state index is 0.116. The zero-order valence-corrected chi connectivity index (χ0v) is 9.51. The van der Waals surface area contributed by atoms with Gasteiger partial charge in [0.1, 0.15) is 5.75 Å². The Balaban J connectivity index is 3.25. The number of aldehydes is 1. The van der Waals surface area contributed by atoms with Gasteiger partial charge < -0.3 is 4.74 Å². The molecule has 0 heterocycles. The van der Waals surface area contributed by atoms with Gasteiger partial charge in [-0.1, -0.05) is 0 Å². The van der Waals surface area contributed by atoms with Gasteiger partial charge in [-0.25, -0.2) is 8.42 Å². The van der Waals surface area contributed by atoms with Crippen LogP contribution < -0.4 is 4.74 Å². The summed E-state index contributed by atoms with van der Waals surface area (Å²) in [5.41, 5.74) is 0.165. The second kappa shape index (κ2) is 4.63. The number of carbonyl (C=O) groups excluding carboxylic acids is 1. The zero-order valence-electron chi connectivity index (χ0n) is 7.94. The molecule has 1 aromatic rings. The Morgan fingerprint density at radius 3 is 2.60 bits per heavy atom. The summed E-state index contributed by atoms with van der Waals surface area (Å²) in [6, 6.07) is 3.88. The Bertz CT molecular complexity index is 467. The van der Waals surface area contributed by atoms with Gasteiger partial charge in [0.15, 0.2) is 6.29 Å². The van der Waals surface area contributed by atoms with Crippen LogP contribution in [-0.4, -0.2) is 21.3 Å². The van der Waals surface area contributed by atoms with Crippen LogP contribution in [-0.2, 0) is 9.05 Å². The maximum Gasteiger partial charge on any atom is 0.261 e. The molecule has 0 bridgehead atoms. The summed E-state index contributed by atoms with van der Waals surface area (Å²) >= 11 is 0. The van der Waals surface area contributed by atoms with Crippen molar-refractivity contribution in [2.75, 3.05) is 6.61 Å². The molecule has 82 valence electrons. The fourth-order valence-electron chi connectivity index (χ4n) is 1.06. The van der Waals surface area contributed by atoms with Crippen LogP contribution in [0.5, 0.6) is 5.75 Å². The molecule has 1 rings (SSSR count). The lowest BCUT2D eigenvalue weighted by Gasteiger charge is -2.06. The van der Waals surface area contributed by atoms with Gasteiger partial charge in [0.2, 0.25) is 0 Å². The Hall–Kier alpha value is -1.07. The molecular weight excluding hydrogens is 240 g/mol. The van der Waals surface area contributed by atoms with Crippen LogP contribution in [0.2, 0.25) is 0 Å². The lowest BCUT2D eigenvalue weighted by molar-refractivity contribution is 0.111. The van der Waals surface area contributed by atoms with Crippen LogP contribution in [0.4, 0.5) is 0 Å². The fraction of sp³-hybridized carbons (Fsp3) is 0.222. The molecule has 0 aliphatic carbocycles. The van der Waals surface area contributed by atoms with Gasteiger partial charge in [-0.05, 0) is 25.1 Å². The molecule has 0 aliphatic rings. The van der Waals surface area contributed by atoms with Crippen LogP contribution in [0, 0.1) is 0 Å². The molecule has 4 nitrogen and oxygen atoms in total. The van der Waals surface area contributed by atoms with Crippen molar-refractivity contribution in [1.29, 1.82) is 0 Å². The Labute approximate surface area is 92.2 Å². The van der Waals surface area contributed by atoms with E-state index < -0.39 is 9.05 Å². The van der Waals surface area contributed by atoms with E-state index >= 15 is 0 Å². The average Bonchev–Trinajstić information content (AvgIpc) is 2.17. The number of ether oxygens (including phenoxy) is 1.